The Balaban J connectivity index is 1.68. The summed E-state index contributed by atoms with van der Waals surface area (Å²) in [7, 11) is 0. The van der Waals surface area contributed by atoms with Crippen molar-refractivity contribution in [3.05, 3.63) is 11.3 Å². The van der Waals surface area contributed by atoms with E-state index in [1.165, 1.54) is 0 Å². The van der Waals surface area contributed by atoms with E-state index in [1.54, 1.807) is 0 Å². The Bertz CT molecular complexity index is 712. The Labute approximate surface area is 144 Å². The van der Waals surface area contributed by atoms with Crippen LogP contribution in [0, 0.1) is 5.92 Å². The summed E-state index contributed by atoms with van der Waals surface area (Å²) in [6, 6.07) is 0.263. The summed E-state index contributed by atoms with van der Waals surface area (Å²) in [6.45, 7) is 4.03. The third kappa shape index (κ3) is 2.81. The third-order valence-corrected chi connectivity index (χ3v) is 5.63. The molecule has 1 aromatic heterocycles. The maximum absolute atomic E-state index is 14.3. The Kier molecular flexibility index (Phi) is 3.81. The number of rotatable bonds is 4. The molecule has 4 rings (SSSR count). The molecule has 3 heterocycles. The predicted molar refractivity (Wildman–Crippen MR) is 88.2 cm³/mol. The smallest absolute Gasteiger partial charge is 0.303 e. The molecule has 0 aromatic carbocycles. The number of alkyl halides is 2. The number of carboxylic acid groups (broad SMARTS) is 1. The summed E-state index contributed by atoms with van der Waals surface area (Å²) < 4.78 is 28.6. The number of anilines is 2. The van der Waals surface area contributed by atoms with E-state index in [1.807, 2.05) is 16.7 Å². The fraction of sp³-hybridized carbons (Fsp3) is 0.706. The summed E-state index contributed by atoms with van der Waals surface area (Å²) in [4.78, 5) is 23.7. The number of carbonyl (C=O) groups is 1. The molecule has 0 spiro atoms. The van der Waals surface area contributed by atoms with Crippen LogP contribution in [0.2, 0.25) is 0 Å². The van der Waals surface area contributed by atoms with Gasteiger partial charge in [-0.2, -0.15) is 13.8 Å². The van der Waals surface area contributed by atoms with Crippen LogP contribution in [-0.4, -0.2) is 46.7 Å². The molecule has 25 heavy (non-hydrogen) atoms. The summed E-state index contributed by atoms with van der Waals surface area (Å²) >= 11 is 0. The second kappa shape index (κ2) is 5.78. The van der Waals surface area contributed by atoms with Gasteiger partial charge in [0, 0.05) is 44.1 Å². The molecule has 1 aliphatic carbocycles. The van der Waals surface area contributed by atoms with Crippen LogP contribution < -0.4 is 9.80 Å². The molecule has 1 N–H and O–H groups in total. The zero-order chi connectivity index (χ0) is 17.8. The van der Waals surface area contributed by atoms with Crippen molar-refractivity contribution in [2.45, 2.75) is 51.0 Å². The van der Waals surface area contributed by atoms with Crippen LogP contribution in [0.5, 0.6) is 0 Å². The van der Waals surface area contributed by atoms with E-state index in [2.05, 4.69) is 9.97 Å². The molecular formula is C17H22F2N4O2. The lowest BCUT2D eigenvalue weighted by atomic mass is 10.1. The number of aliphatic carboxylic acids is 1. The van der Waals surface area contributed by atoms with Gasteiger partial charge >= 0.3 is 5.97 Å². The molecule has 1 aromatic rings. The van der Waals surface area contributed by atoms with Gasteiger partial charge in [-0.1, -0.05) is 0 Å². The fourth-order valence-electron chi connectivity index (χ4n) is 4.04. The molecule has 3 aliphatic rings. The lowest BCUT2D eigenvalue weighted by Gasteiger charge is -2.39. The van der Waals surface area contributed by atoms with Gasteiger partial charge in [-0.05, 0) is 32.1 Å². The first-order valence-electron chi connectivity index (χ1n) is 8.88. The average Bonchev–Trinajstić information content (AvgIpc) is 3.10. The number of hydrogen-bond acceptors (Lipinski definition) is 5. The zero-order valence-electron chi connectivity index (χ0n) is 14.2. The van der Waals surface area contributed by atoms with E-state index in [-0.39, 0.29) is 36.9 Å². The van der Waals surface area contributed by atoms with Gasteiger partial charge < -0.3 is 14.9 Å². The van der Waals surface area contributed by atoms with Gasteiger partial charge in [0.05, 0.1) is 0 Å². The van der Waals surface area contributed by atoms with Crippen LogP contribution in [0.3, 0.4) is 0 Å². The van der Waals surface area contributed by atoms with Crippen LogP contribution >= 0.6 is 0 Å². The number of nitrogens with zero attached hydrogens (tertiary/aromatic N) is 4. The number of carboxylic acids is 1. The fourth-order valence-corrected chi connectivity index (χ4v) is 4.04. The van der Waals surface area contributed by atoms with Gasteiger partial charge in [0.1, 0.15) is 11.5 Å². The molecule has 136 valence electrons. The minimum atomic E-state index is -2.91. The minimum absolute atomic E-state index is 0.0383. The first-order chi connectivity index (χ1) is 11.8. The normalized spacial score (nSPS) is 27.3. The van der Waals surface area contributed by atoms with E-state index >= 15 is 0 Å². The minimum Gasteiger partial charge on any atom is -0.481 e. The summed E-state index contributed by atoms with van der Waals surface area (Å²) in [6.07, 6.45) is 1.91. The van der Waals surface area contributed by atoms with Crippen molar-refractivity contribution < 1.29 is 18.7 Å². The number of hydrogen-bond donors (Lipinski definition) is 1. The van der Waals surface area contributed by atoms with E-state index in [4.69, 9.17) is 5.11 Å². The lowest BCUT2D eigenvalue weighted by molar-refractivity contribution is -0.137. The molecule has 6 nitrogen and oxygen atoms in total. The van der Waals surface area contributed by atoms with Gasteiger partial charge in [-0.3, -0.25) is 4.79 Å². The van der Waals surface area contributed by atoms with E-state index in [9.17, 15) is 13.6 Å². The molecule has 2 saturated heterocycles. The molecule has 2 unspecified atom stereocenters. The van der Waals surface area contributed by atoms with Crippen molar-refractivity contribution in [3.63, 3.8) is 0 Å². The summed E-state index contributed by atoms with van der Waals surface area (Å²) in [5.74, 6) is -2.71. The van der Waals surface area contributed by atoms with Crippen molar-refractivity contribution in [1.82, 2.24) is 9.97 Å². The highest BCUT2D eigenvalue weighted by Crippen LogP contribution is 2.45. The molecule has 0 amide bonds. The maximum atomic E-state index is 14.3. The van der Waals surface area contributed by atoms with Crippen molar-refractivity contribution in [3.8, 4) is 0 Å². The second-order valence-electron chi connectivity index (χ2n) is 7.41. The number of halogens is 2. The highest BCUT2D eigenvalue weighted by atomic mass is 19.3. The van der Waals surface area contributed by atoms with Crippen LogP contribution in [0.25, 0.3) is 0 Å². The van der Waals surface area contributed by atoms with Crippen LogP contribution in [0.1, 0.15) is 43.9 Å². The van der Waals surface area contributed by atoms with Gasteiger partial charge in [-0.15, -0.1) is 0 Å². The van der Waals surface area contributed by atoms with E-state index < -0.39 is 11.9 Å². The van der Waals surface area contributed by atoms with E-state index in [0.29, 0.717) is 30.4 Å². The van der Waals surface area contributed by atoms with Gasteiger partial charge in [0.2, 0.25) is 5.95 Å². The van der Waals surface area contributed by atoms with Crippen molar-refractivity contribution in [2.75, 3.05) is 29.4 Å². The largest absolute Gasteiger partial charge is 0.481 e. The van der Waals surface area contributed by atoms with E-state index in [0.717, 1.165) is 19.4 Å². The SMILES string of the molecule is CC1CCN1c1nc(N2CCC(CC(=O)O)C2)c2c(n1)C(F)(F)CC2. The predicted octanol–water partition coefficient (Wildman–Crippen LogP) is 2.41. The molecule has 2 fully saturated rings. The summed E-state index contributed by atoms with van der Waals surface area (Å²) in [5.41, 5.74) is 0.409. The molecular weight excluding hydrogens is 330 g/mol. The Morgan fingerprint density at radius 1 is 1.32 bits per heavy atom. The number of aromatic nitrogens is 2. The average molecular weight is 352 g/mol. The van der Waals surface area contributed by atoms with Gasteiger partial charge in [0.15, 0.2) is 0 Å². The van der Waals surface area contributed by atoms with Crippen molar-refractivity contribution in [2.24, 2.45) is 5.92 Å². The third-order valence-electron chi connectivity index (χ3n) is 5.63. The standard InChI is InChI=1S/C17H22F2N4O2/c1-10-3-7-23(10)16-20-14-12(2-5-17(14,18)19)15(21-16)22-6-4-11(9-22)8-13(24)25/h10-11H,2-9H2,1H3,(H,24,25). The Morgan fingerprint density at radius 2 is 2.12 bits per heavy atom. The maximum Gasteiger partial charge on any atom is 0.303 e. The first kappa shape index (κ1) is 16.5. The van der Waals surface area contributed by atoms with Crippen LogP contribution in [0.4, 0.5) is 20.5 Å². The topological polar surface area (TPSA) is 69.6 Å². The number of fused-ring (bicyclic) bond motifs is 1. The molecule has 0 radical (unpaired) electrons. The zero-order valence-corrected chi connectivity index (χ0v) is 14.2. The highest BCUT2D eigenvalue weighted by Gasteiger charge is 2.45. The van der Waals surface area contributed by atoms with Crippen molar-refractivity contribution in [1.29, 1.82) is 0 Å². The molecule has 2 aliphatic heterocycles. The second-order valence-corrected chi connectivity index (χ2v) is 7.41. The molecule has 0 saturated carbocycles. The van der Waals surface area contributed by atoms with Gasteiger partial charge in [0.25, 0.3) is 5.92 Å². The quantitative estimate of drug-likeness (QED) is 0.897. The Hall–Kier alpha value is -1.99. The van der Waals surface area contributed by atoms with Gasteiger partial charge in [-0.25, -0.2) is 4.98 Å². The highest BCUT2D eigenvalue weighted by molar-refractivity contribution is 5.67. The molecule has 8 heteroatoms. The van der Waals surface area contributed by atoms with Crippen molar-refractivity contribution >= 4 is 17.7 Å². The van der Waals surface area contributed by atoms with Crippen LogP contribution in [-0.2, 0) is 17.1 Å². The first-order valence-corrected chi connectivity index (χ1v) is 8.88. The molecule has 2 atom stereocenters. The monoisotopic (exact) mass is 352 g/mol. The van der Waals surface area contributed by atoms with Crippen LogP contribution in [0.15, 0.2) is 0 Å². The Morgan fingerprint density at radius 3 is 2.76 bits per heavy atom. The summed E-state index contributed by atoms with van der Waals surface area (Å²) in [5, 5.41) is 8.99. The molecule has 0 bridgehead atoms. The lowest BCUT2D eigenvalue weighted by Crippen LogP contribution is -2.47.